The highest BCUT2D eigenvalue weighted by Crippen LogP contribution is 2.27. The fourth-order valence-corrected chi connectivity index (χ4v) is 3.58. The molecule has 41 heavy (non-hydrogen) atoms. The van der Waals surface area contributed by atoms with Gasteiger partial charge in [-0.3, -0.25) is 9.59 Å². The van der Waals surface area contributed by atoms with E-state index < -0.39 is 12.1 Å². The van der Waals surface area contributed by atoms with Gasteiger partial charge >= 0.3 is 12.1 Å². The molecule has 0 aliphatic carbocycles. The fraction of sp³-hybridized carbons (Fsp3) is 0.231. The van der Waals surface area contributed by atoms with E-state index in [9.17, 15) is 18.0 Å². The van der Waals surface area contributed by atoms with E-state index in [4.69, 9.17) is 41.2 Å². The Morgan fingerprint density at radius 2 is 1.78 bits per heavy atom. The predicted octanol–water partition coefficient (Wildman–Crippen LogP) is 3.80. The van der Waals surface area contributed by atoms with Gasteiger partial charge in [0, 0.05) is 47.0 Å². The Morgan fingerprint density at radius 1 is 1.17 bits per heavy atom. The average Bonchev–Trinajstić information content (AvgIpc) is 2.89. The van der Waals surface area contributed by atoms with Crippen LogP contribution in [0.4, 0.5) is 13.2 Å². The number of carboxylic acid groups (broad SMARTS) is 2. The third-order valence-corrected chi connectivity index (χ3v) is 5.92. The number of carbonyl (C=O) groups is 2. The van der Waals surface area contributed by atoms with Gasteiger partial charge in [-0.25, -0.2) is 14.8 Å². The first-order chi connectivity index (χ1) is 19.3. The van der Waals surface area contributed by atoms with Crippen molar-refractivity contribution in [2.75, 3.05) is 13.1 Å². The number of aryl methyl sites for hydroxylation is 2. The van der Waals surface area contributed by atoms with E-state index in [1.165, 1.54) is 4.68 Å². The van der Waals surface area contributed by atoms with E-state index in [0.717, 1.165) is 29.9 Å². The normalized spacial score (nSPS) is 12.7. The zero-order valence-corrected chi connectivity index (χ0v) is 22.3. The number of fused-ring (bicyclic) bond motifs is 1. The molecule has 1 fully saturated rings. The van der Waals surface area contributed by atoms with Gasteiger partial charge in [0.1, 0.15) is 17.3 Å². The van der Waals surface area contributed by atoms with Crippen molar-refractivity contribution in [2.24, 2.45) is 0 Å². The van der Waals surface area contributed by atoms with Gasteiger partial charge in [0.05, 0.1) is 5.69 Å². The fourth-order valence-electron chi connectivity index (χ4n) is 3.46. The van der Waals surface area contributed by atoms with Gasteiger partial charge in [0.2, 0.25) is 5.88 Å². The molecule has 3 N–H and O–H groups in total. The third kappa shape index (κ3) is 7.77. The number of pyridine rings is 2. The van der Waals surface area contributed by atoms with E-state index in [2.05, 4.69) is 15.3 Å². The van der Waals surface area contributed by atoms with E-state index >= 15 is 0 Å². The first-order valence-electron chi connectivity index (χ1n) is 11.7. The van der Waals surface area contributed by atoms with Gasteiger partial charge in [0.25, 0.3) is 12.0 Å². The topological polar surface area (TPSA) is 157 Å². The lowest BCUT2D eigenvalue weighted by Gasteiger charge is -2.27. The maximum absolute atomic E-state index is 13.4. The van der Waals surface area contributed by atoms with Gasteiger partial charge in [-0.15, -0.1) is 0 Å². The Kier molecular flexibility index (Phi) is 9.97. The van der Waals surface area contributed by atoms with E-state index in [1.54, 1.807) is 30.5 Å². The minimum Gasteiger partial charge on any atom is -0.483 e. The van der Waals surface area contributed by atoms with Crippen LogP contribution in [-0.2, 0) is 9.59 Å². The number of rotatable bonds is 4. The maximum Gasteiger partial charge on any atom is 0.490 e. The van der Waals surface area contributed by atoms with Crippen molar-refractivity contribution in [2.45, 2.75) is 26.1 Å². The zero-order valence-electron chi connectivity index (χ0n) is 21.5. The Bertz CT molecular complexity index is 1610. The van der Waals surface area contributed by atoms with Crippen LogP contribution in [0.1, 0.15) is 11.3 Å². The molecule has 1 aliphatic rings. The molecule has 216 valence electrons. The average molecular weight is 594 g/mol. The molecule has 0 amide bonds. The van der Waals surface area contributed by atoms with Gasteiger partial charge in [-0.05, 0) is 43.7 Å². The Hall–Kier alpha value is -4.56. The number of alkyl halides is 3. The SMILES string of the molecule is Cc1cc2c(-c3ccc(Cl)cc3)nn(-c3ccnc(OC4CNC4)c3)c(=O)c2nc1C.O=C(O)C(F)(F)F.O=CO. The quantitative estimate of drug-likeness (QED) is 0.297. The summed E-state index contributed by atoms with van der Waals surface area (Å²) in [6, 6.07) is 12.8. The number of hydrogen-bond donors (Lipinski definition) is 3. The number of benzene rings is 1. The number of nitrogens with zero attached hydrogens (tertiary/aromatic N) is 4. The summed E-state index contributed by atoms with van der Waals surface area (Å²) < 4.78 is 39.0. The number of halogens is 4. The lowest BCUT2D eigenvalue weighted by molar-refractivity contribution is -0.192. The van der Waals surface area contributed by atoms with Crippen LogP contribution in [-0.4, -0.2) is 67.8 Å². The van der Waals surface area contributed by atoms with Crippen molar-refractivity contribution in [1.82, 2.24) is 25.1 Å². The summed E-state index contributed by atoms with van der Waals surface area (Å²) in [6.07, 6.45) is -3.38. The summed E-state index contributed by atoms with van der Waals surface area (Å²) in [6.45, 7) is 5.18. The van der Waals surface area contributed by atoms with Gasteiger partial charge < -0.3 is 20.3 Å². The number of aliphatic carboxylic acids is 1. The van der Waals surface area contributed by atoms with E-state index in [0.29, 0.717) is 33.2 Å². The van der Waals surface area contributed by atoms with E-state index in [1.807, 2.05) is 32.0 Å². The highest BCUT2D eigenvalue weighted by molar-refractivity contribution is 6.30. The van der Waals surface area contributed by atoms with Crippen LogP contribution < -0.4 is 15.6 Å². The molecule has 0 bridgehead atoms. The molecule has 1 aromatic carbocycles. The molecule has 0 radical (unpaired) electrons. The van der Waals surface area contributed by atoms with Crippen molar-refractivity contribution < 1.29 is 37.7 Å². The highest BCUT2D eigenvalue weighted by Gasteiger charge is 2.38. The highest BCUT2D eigenvalue weighted by atomic mass is 35.5. The number of hydrogen-bond acceptors (Lipinski definition) is 8. The second-order valence-electron chi connectivity index (χ2n) is 8.52. The van der Waals surface area contributed by atoms with Crippen molar-refractivity contribution in [3.63, 3.8) is 0 Å². The molecule has 0 spiro atoms. The smallest absolute Gasteiger partial charge is 0.483 e. The number of carboxylic acids is 1. The number of ether oxygens (including phenoxy) is 1. The van der Waals surface area contributed by atoms with Crippen molar-refractivity contribution >= 4 is 34.9 Å². The lowest BCUT2D eigenvalue weighted by atomic mass is 10.1. The van der Waals surface area contributed by atoms with Crippen molar-refractivity contribution in [3.8, 4) is 22.8 Å². The zero-order chi connectivity index (χ0) is 30.3. The van der Waals surface area contributed by atoms with Crippen LogP contribution in [0, 0.1) is 13.8 Å². The van der Waals surface area contributed by atoms with Crippen molar-refractivity contribution in [3.05, 3.63) is 75.3 Å². The first-order valence-corrected chi connectivity index (χ1v) is 12.1. The summed E-state index contributed by atoms with van der Waals surface area (Å²) in [5.41, 5.74) is 3.95. The van der Waals surface area contributed by atoms with Crippen molar-refractivity contribution in [1.29, 1.82) is 0 Å². The predicted molar refractivity (Wildman–Crippen MR) is 143 cm³/mol. The van der Waals surface area contributed by atoms with Crippen LogP contribution in [0.2, 0.25) is 5.02 Å². The van der Waals surface area contributed by atoms with Crippen LogP contribution in [0.25, 0.3) is 27.8 Å². The molecule has 4 heterocycles. The monoisotopic (exact) mass is 593 g/mol. The molecule has 1 saturated heterocycles. The molecule has 15 heteroatoms. The van der Waals surface area contributed by atoms with Crippen LogP contribution in [0.5, 0.6) is 5.88 Å². The summed E-state index contributed by atoms with van der Waals surface area (Å²) in [7, 11) is 0. The van der Waals surface area contributed by atoms with Gasteiger partial charge in [-0.2, -0.15) is 23.0 Å². The molecule has 0 atom stereocenters. The largest absolute Gasteiger partial charge is 0.490 e. The molecule has 0 saturated carbocycles. The molecular weight excluding hydrogens is 571 g/mol. The maximum atomic E-state index is 13.4. The Balaban J connectivity index is 0.000000401. The molecule has 3 aromatic heterocycles. The molecule has 4 aromatic rings. The first kappa shape index (κ1) is 31.0. The van der Waals surface area contributed by atoms with Gasteiger partial charge in [0.15, 0.2) is 0 Å². The Morgan fingerprint density at radius 3 is 2.32 bits per heavy atom. The minimum atomic E-state index is -5.08. The molecule has 1 aliphatic heterocycles. The van der Waals surface area contributed by atoms with E-state index in [-0.39, 0.29) is 18.1 Å². The lowest BCUT2D eigenvalue weighted by Crippen LogP contribution is -2.50. The van der Waals surface area contributed by atoms with Crippen LogP contribution in [0.15, 0.2) is 53.5 Å². The Labute approximate surface area is 235 Å². The summed E-state index contributed by atoms with van der Waals surface area (Å²) in [4.78, 5) is 39.5. The number of aromatic nitrogens is 4. The molecule has 11 nitrogen and oxygen atoms in total. The molecule has 0 unspecified atom stereocenters. The minimum absolute atomic E-state index is 0.0842. The standard InChI is InChI=1S/C23H20ClN5O2.C2HF3O2.CH2O2/c1-13-9-19-21(15-3-5-16(24)6-4-15)28-29(23(30)22(19)27-14(13)2)17-7-8-26-20(10-17)31-18-11-25-12-18;3-2(4,5)1(6)7;2-1-3/h3-10,18,25H,11-12H2,1-2H3;(H,6,7);1H,(H,2,3). The summed E-state index contributed by atoms with van der Waals surface area (Å²) in [5.74, 6) is -2.30. The second kappa shape index (κ2) is 13.2. The second-order valence-corrected chi connectivity index (χ2v) is 8.95. The third-order valence-electron chi connectivity index (χ3n) is 5.67. The molecule has 5 rings (SSSR count). The summed E-state index contributed by atoms with van der Waals surface area (Å²) >= 11 is 6.08. The number of nitrogens with one attached hydrogen (secondary N) is 1. The molecular formula is C26H23ClF3N5O6. The van der Waals surface area contributed by atoms with Crippen LogP contribution >= 0.6 is 11.6 Å². The van der Waals surface area contributed by atoms with Crippen LogP contribution in [0.3, 0.4) is 0 Å². The van der Waals surface area contributed by atoms with Gasteiger partial charge in [-0.1, -0.05) is 23.7 Å². The summed E-state index contributed by atoms with van der Waals surface area (Å²) in [5, 5.41) is 23.2.